The van der Waals surface area contributed by atoms with Crippen LogP contribution in [0.15, 0.2) is 48.7 Å². The molecule has 0 radical (unpaired) electrons. The molecule has 0 spiro atoms. The summed E-state index contributed by atoms with van der Waals surface area (Å²) >= 11 is 6.11. The highest BCUT2D eigenvalue weighted by atomic mass is 35.5. The third-order valence-electron chi connectivity index (χ3n) is 2.60. The minimum absolute atomic E-state index is 0.0777. The first-order valence-electron chi connectivity index (χ1n) is 5.41. The van der Waals surface area contributed by atoms with E-state index in [2.05, 4.69) is 22.5 Å². The zero-order valence-corrected chi connectivity index (χ0v) is 10.1. The summed E-state index contributed by atoms with van der Waals surface area (Å²) < 4.78 is 0. The summed E-state index contributed by atoms with van der Waals surface area (Å²) in [6, 6.07) is 13.7. The predicted octanol–water partition coefficient (Wildman–Crippen LogP) is 2.48. The average Bonchev–Trinajstić information content (AvgIpc) is 2.38. The first kappa shape index (κ1) is 12.0. The highest BCUT2D eigenvalue weighted by Gasteiger charge is 2.14. The molecule has 0 saturated carbocycles. The van der Waals surface area contributed by atoms with Crippen molar-refractivity contribution in [2.45, 2.75) is 12.5 Å². The molecule has 4 heteroatoms. The maximum absolute atomic E-state index is 6.11. The van der Waals surface area contributed by atoms with E-state index in [1.54, 1.807) is 6.20 Å². The molecular formula is C13H14ClN3. The van der Waals surface area contributed by atoms with Crippen LogP contribution >= 0.6 is 11.6 Å². The van der Waals surface area contributed by atoms with Crippen molar-refractivity contribution in [3.8, 4) is 0 Å². The zero-order chi connectivity index (χ0) is 12.1. The number of nitrogens with one attached hydrogen (secondary N) is 1. The number of aromatic nitrogens is 1. The lowest BCUT2D eigenvalue weighted by Crippen LogP contribution is -2.30. The highest BCUT2D eigenvalue weighted by Crippen LogP contribution is 2.22. The number of hydrogen-bond donors (Lipinski definition) is 2. The van der Waals surface area contributed by atoms with Crippen LogP contribution in [0.5, 0.6) is 0 Å². The topological polar surface area (TPSA) is 50.9 Å². The molecule has 1 aromatic carbocycles. The standard InChI is InChI=1S/C13H14ClN3/c14-11-7-4-8-16-13(11)12(17-15)9-10-5-2-1-3-6-10/h1-8,12,17H,9,15H2. The van der Waals surface area contributed by atoms with E-state index in [0.29, 0.717) is 5.02 Å². The third kappa shape index (κ3) is 3.03. The normalized spacial score (nSPS) is 12.4. The summed E-state index contributed by atoms with van der Waals surface area (Å²) in [4.78, 5) is 4.27. The predicted molar refractivity (Wildman–Crippen MR) is 69.5 cm³/mol. The van der Waals surface area contributed by atoms with Crippen molar-refractivity contribution < 1.29 is 0 Å². The Bertz CT molecular complexity index is 473. The zero-order valence-electron chi connectivity index (χ0n) is 9.31. The van der Waals surface area contributed by atoms with E-state index in [1.165, 1.54) is 5.56 Å². The molecule has 0 saturated heterocycles. The minimum atomic E-state index is -0.0777. The summed E-state index contributed by atoms with van der Waals surface area (Å²) in [5.41, 5.74) is 4.73. The molecule has 1 aromatic heterocycles. The highest BCUT2D eigenvalue weighted by molar-refractivity contribution is 6.31. The lowest BCUT2D eigenvalue weighted by Gasteiger charge is -2.16. The largest absolute Gasteiger partial charge is 0.271 e. The second-order valence-electron chi connectivity index (χ2n) is 3.78. The molecule has 88 valence electrons. The Morgan fingerprint density at radius 2 is 1.94 bits per heavy atom. The smallest absolute Gasteiger partial charge is 0.0775 e. The average molecular weight is 248 g/mol. The molecular weight excluding hydrogens is 234 g/mol. The number of halogens is 1. The number of benzene rings is 1. The van der Waals surface area contributed by atoms with E-state index in [1.807, 2.05) is 30.3 Å². The molecule has 0 bridgehead atoms. The number of nitrogens with zero attached hydrogens (tertiary/aromatic N) is 1. The SMILES string of the molecule is NNC(Cc1ccccc1)c1ncccc1Cl. The van der Waals surface area contributed by atoms with Crippen molar-refractivity contribution in [3.05, 3.63) is 64.9 Å². The molecule has 0 amide bonds. The Kier molecular flexibility index (Phi) is 4.09. The quantitative estimate of drug-likeness (QED) is 0.645. The van der Waals surface area contributed by atoms with Crippen LogP contribution in [-0.4, -0.2) is 4.98 Å². The molecule has 1 heterocycles. The van der Waals surface area contributed by atoms with E-state index >= 15 is 0 Å². The lowest BCUT2D eigenvalue weighted by molar-refractivity contribution is 0.538. The molecule has 0 aliphatic heterocycles. The van der Waals surface area contributed by atoms with Gasteiger partial charge in [0.25, 0.3) is 0 Å². The number of hydrogen-bond acceptors (Lipinski definition) is 3. The van der Waals surface area contributed by atoms with Crippen molar-refractivity contribution in [1.29, 1.82) is 0 Å². The molecule has 3 N–H and O–H groups in total. The molecule has 2 rings (SSSR count). The fraction of sp³-hybridized carbons (Fsp3) is 0.154. The van der Waals surface area contributed by atoms with Crippen LogP contribution in [-0.2, 0) is 6.42 Å². The minimum Gasteiger partial charge on any atom is -0.271 e. The molecule has 0 aliphatic rings. The third-order valence-corrected chi connectivity index (χ3v) is 2.92. The summed E-state index contributed by atoms with van der Waals surface area (Å²) in [6.45, 7) is 0. The molecule has 2 aromatic rings. The van der Waals surface area contributed by atoms with Gasteiger partial charge in [-0.3, -0.25) is 16.3 Å². The maximum Gasteiger partial charge on any atom is 0.0775 e. The van der Waals surface area contributed by atoms with Crippen LogP contribution < -0.4 is 11.3 Å². The van der Waals surface area contributed by atoms with Crippen LogP contribution in [0.3, 0.4) is 0 Å². The van der Waals surface area contributed by atoms with E-state index in [-0.39, 0.29) is 6.04 Å². The number of pyridine rings is 1. The maximum atomic E-state index is 6.11. The van der Waals surface area contributed by atoms with E-state index in [0.717, 1.165) is 12.1 Å². The van der Waals surface area contributed by atoms with Gasteiger partial charge in [0, 0.05) is 6.20 Å². The van der Waals surface area contributed by atoms with Gasteiger partial charge < -0.3 is 0 Å². The summed E-state index contributed by atoms with van der Waals surface area (Å²) in [5.74, 6) is 5.57. The Hall–Kier alpha value is -1.42. The Morgan fingerprint density at radius 1 is 1.18 bits per heavy atom. The van der Waals surface area contributed by atoms with Crippen LogP contribution in [0.2, 0.25) is 5.02 Å². The van der Waals surface area contributed by atoms with Crippen LogP contribution in [0, 0.1) is 0 Å². The number of rotatable bonds is 4. The molecule has 1 unspecified atom stereocenters. The van der Waals surface area contributed by atoms with Gasteiger partial charge in [-0.15, -0.1) is 0 Å². The van der Waals surface area contributed by atoms with Gasteiger partial charge in [-0.25, -0.2) is 0 Å². The number of hydrazine groups is 1. The lowest BCUT2D eigenvalue weighted by atomic mass is 10.0. The second-order valence-corrected chi connectivity index (χ2v) is 4.19. The van der Waals surface area contributed by atoms with Crippen molar-refractivity contribution in [2.24, 2.45) is 5.84 Å². The van der Waals surface area contributed by atoms with E-state index in [4.69, 9.17) is 17.4 Å². The van der Waals surface area contributed by atoms with Gasteiger partial charge in [0.15, 0.2) is 0 Å². The first-order valence-corrected chi connectivity index (χ1v) is 5.79. The van der Waals surface area contributed by atoms with Gasteiger partial charge in [-0.1, -0.05) is 41.9 Å². The van der Waals surface area contributed by atoms with Gasteiger partial charge in [-0.05, 0) is 24.1 Å². The van der Waals surface area contributed by atoms with Crippen molar-refractivity contribution >= 4 is 11.6 Å². The molecule has 17 heavy (non-hydrogen) atoms. The molecule has 0 fully saturated rings. The van der Waals surface area contributed by atoms with Gasteiger partial charge in [0.1, 0.15) is 0 Å². The van der Waals surface area contributed by atoms with E-state index in [9.17, 15) is 0 Å². The summed E-state index contributed by atoms with van der Waals surface area (Å²) in [6.07, 6.45) is 2.48. The first-order chi connectivity index (χ1) is 8.31. The van der Waals surface area contributed by atoms with Gasteiger partial charge >= 0.3 is 0 Å². The monoisotopic (exact) mass is 247 g/mol. The Balaban J connectivity index is 2.21. The van der Waals surface area contributed by atoms with Crippen LogP contribution in [0.25, 0.3) is 0 Å². The van der Waals surface area contributed by atoms with Crippen molar-refractivity contribution in [2.75, 3.05) is 0 Å². The van der Waals surface area contributed by atoms with Gasteiger partial charge in [0.2, 0.25) is 0 Å². The Morgan fingerprint density at radius 3 is 2.59 bits per heavy atom. The van der Waals surface area contributed by atoms with Gasteiger partial charge in [0.05, 0.1) is 16.8 Å². The van der Waals surface area contributed by atoms with Crippen LogP contribution in [0.1, 0.15) is 17.3 Å². The summed E-state index contributed by atoms with van der Waals surface area (Å²) in [7, 11) is 0. The fourth-order valence-electron chi connectivity index (χ4n) is 1.74. The molecule has 3 nitrogen and oxygen atoms in total. The van der Waals surface area contributed by atoms with Crippen molar-refractivity contribution in [3.63, 3.8) is 0 Å². The van der Waals surface area contributed by atoms with Crippen molar-refractivity contribution in [1.82, 2.24) is 10.4 Å². The van der Waals surface area contributed by atoms with E-state index < -0.39 is 0 Å². The fourth-order valence-corrected chi connectivity index (χ4v) is 1.99. The van der Waals surface area contributed by atoms with Gasteiger partial charge in [-0.2, -0.15) is 0 Å². The Labute approximate surface area is 106 Å². The van der Waals surface area contributed by atoms with Crippen LogP contribution in [0.4, 0.5) is 0 Å². The molecule has 1 atom stereocenters. The molecule has 0 aliphatic carbocycles. The number of nitrogens with two attached hydrogens (primary N) is 1. The summed E-state index contributed by atoms with van der Waals surface area (Å²) in [5, 5.41) is 0.631. The second kappa shape index (κ2) is 5.77.